The van der Waals surface area contributed by atoms with Crippen LogP contribution in [0.4, 0.5) is 15.8 Å². The molecule has 0 bridgehead atoms. The van der Waals surface area contributed by atoms with Crippen LogP contribution in [0.2, 0.25) is 0 Å². The highest BCUT2D eigenvalue weighted by atomic mass is 32.2. The lowest BCUT2D eigenvalue weighted by molar-refractivity contribution is -0.118. The van der Waals surface area contributed by atoms with Gasteiger partial charge < -0.3 is 24.5 Å². The van der Waals surface area contributed by atoms with Crippen molar-refractivity contribution in [3.63, 3.8) is 0 Å². The van der Waals surface area contributed by atoms with Crippen LogP contribution in [0.1, 0.15) is 27.6 Å². The molecule has 0 atom stereocenters. The highest BCUT2D eigenvalue weighted by molar-refractivity contribution is 7.92. The summed E-state index contributed by atoms with van der Waals surface area (Å²) in [5, 5.41) is 5.46. The fourth-order valence-corrected chi connectivity index (χ4v) is 4.55. The number of nitrogens with zero attached hydrogens (tertiary/aromatic N) is 1. The molecule has 0 radical (unpaired) electrons. The number of sulfonamides is 1. The maximum atomic E-state index is 13.6. The van der Waals surface area contributed by atoms with E-state index in [2.05, 4.69) is 10.6 Å². The molecule has 0 fully saturated rings. The topological polar surface area (TPSA) is 144 Å². The molecule has 0 saturated heterocycles. The molecule has 4 aromatic rings. The van der Waals surface area contributed by atoms with E-state index in [-0.39, 0.29) is 40.3 Å². The molecule has 0 aliphatic carbocycles. The van der Waals surface area contributed by atoms with Crippen molar-refractivity contribution in [2.45, 2.75) is 6.92 Å². The molecule has 11 nitrogen and oxygen atoms in total. The van der Waals surface area contributed by atoms with Gasteiger partial charge in [-0.2, -0.15) is 0 Å². The second kappa shape index (κ2) is 12.3. The van der Waals surface area contributed by atoms with Crippen LogP contribution in [-0.2, 0) is 19.6 Å². The third kappa shape index (κ3) is 6.52. The fraction of sp³-hybridized carbons (Fsp3) is 0.207. The number of hydrogen-bond acceptors (Lipinski definition) is 8. The van der Waals surface area contributed by atoms with E-state index in [0.29, 0.717) is 16.8 Å². The highest BCUT2D eigenvalue weighted by Crippen LogP contribution is 2.40. The predicted octanol–water partition coefficient (Wildman–Crippen LogP) is 4.19. The molecule has 0 aliphatic rings. The van der Waals surface area contributed by atoms with Crippen LogP contribution >= 0.6 is 0 Å². The number of rotatable bonds is 10. The number of halogens is 1. The first-order valence-electron chi connectivity index (χ1n) is 12.6. The number of ether oxygens (including phenoxy) is 2. The van der Waals surface area contributed by atoms with E-state index in [1.165, 1.54) is 74.8 Å². The molecule has 0 unspecified atom stereocenters. The zero-order valence-electron chi connectivity index (χ0n) is 23.2. The minimum Gasteiger partial charge on any atom is -0.482 e. The number of hydrogen-bond donors (Lipinski definition) is 2. The summed E-state index contributed by atoms with van der Waals surface area (Å²) < 4.78 is 56.1. The Balaban J connectivity index is 1.69. The van der Waals surface area contributed by atoms with Crippen molar-refractivity contribution >= 4 is 50.2 Å². The minimum absolute atomic E-state index is 0.0140. The van der Waals surface area contributed by atoms with Crippen molar-refractivity contribution < 1.29 is 41.1 Å². The number of esters is 1. The van der Waals surface area contributed by atoms with E-state index in [4.69, 9.17) is 13.9 Å². The average molecular weight is 598 g/mol. The predicted molar refractivity (Wildman–Crippen MR) is 155 cm³/mol. The Morgan fingerprint density at radius 2 is 1.69 bits per heavy atom. The Hall–Kier alpha value is -4.91. The molecule has 1 aromatic heterocycles. The summed E-state index contributed by atoms with van der Waals surface area (Å²) in [5.74, 6) is -1.92. The summed E-state index contributed by atoms with van der Waals surface area (Å²) in [7, 11) is -1.04. The van der Waals surface area contributed by atoms with E-state index < -0.39 is 40.2 Å². The lowest BCUT2D eigenvalue weighted by Gasteiger charge is -2.20. The van der Waals surface area contributed by atoms with Gasteiger partial charge in [-0.05, 0) is 61.5 Å². The first-order valence-corrected chi connectivity index (χ1v) is 14.5. The summed E-state index contributed by atoms with van der Waals surface area (Å²) >= 11 is 0. The number of fused-ring (bicyclic) bond motifs is 1. The molecule has 0 spiro atoms. The lowest BCUT2D eigenvalue weighted by atomic mass is 10.0. The lowest BCUT2D eigenvalue weighted by Crippen LogP contribution is -2.26. The molecule has 42 heavy (non-hydrogen) atoms. The van der Waals surface area contributed by atoms with Crippen molar-refractivity contribution in [1.82, 2.24) is 5.32 Å². The summed E-state index contributed by atoms with van der Waals surface area (Å²) in [4.78, 5) is 37.5. The van der Waals surface area contributed by atoms with Gasteiger partial charge in [-0.25, -0.2) is 17.6 Å². The monoisotopic (exact) mass is 597 g/mol. The first kappa shape index (κ1) is 30.1. The van der Waals surface area contributed by atoms with Crippen LogP contribution in [0.15, 0.2) is 65.1 Å². The van der Waals surface area contributed by atoms with E-state index in [0.717, 1.165) is 10.6 Å². The molecule has 1 heterocycles. The molecule has 2 amide bonds. The van der Waals surface area contributed by atoms with E-state index in [9.17, 15) is 27.2 Å². The maximum Gasteiger partial charge on any atom is 0.338 e. The van der Waals surface area contributed by atoms with E-state index in [1.807, 2.05) is 0 Å². The smallest absolute Gasteiger partial charge is 0.338 e. The van der Waals surface area contributed by atoms with Crippen LogP contribution in [0.3, 0.4) is 0 Å². The second-order valence-electron chi connectivity index (χ2n) is 9.07. The molecule has 13 heteroatoms. The van der Waals surface area contributed by atoms with Gasteiger partial charge in [-0.3, -0.25) is 13.9 Å². The van der Waals surface area contributed by atoms with Gasteiger partial charge in [0.25, 0.3) is 11.8 Å². The Kier molecular flexibility index (Phi) is 8.81. The van der Waals surface area contributed by atoms with Crippen molar-refractivity contribution in [3.05, 3.63) is 77.6 Å². The molecule has 2 N–H and O–H groups in total. The quantitative estimate of drug-likeness (QED) is 0.259. The van der Waals surface area contributed by atoms with Gasteiger partial charge in [0, 0.05) is 36.8 Å². The molecule has 220 valence electrons. The Morgan fingerprint density at radius 1 is 1.02 bits per heavy atom. The van der Waals surface area contributed by atoms with Crippen LogP contribution < -0.4 is 19.7 Å². The zero-order valence-corrected chi connectivity index (χ0v) is 24.0. The second-order valence-corrected chi connectivity index (χ2v) is 11.1. The number of carbonyl (C=O) groups excluding carboxylic acids is 3. The van der Waals surface area contributed by atoms with Crippen molar-refractivity contribution in [2.24, 2.45) is 0 Å². The van der Waals surface area contributed by atoms with Crippen LogP contribution in [-0.4, -0.2) is 59.8 Å². The Bertz CT molecular complexity index is 1750. The Morgan fingerprint density at radius 3 is 2.29 bits per heavy atom. The molecule has 0 saturated carbocycles. The van der Waals surface area contributed by atoms with Crippen molar-refractivity contribution in [2.75, 3.05) is 43.2 Å². The molecular formula is C29H28FN3O8S. The van der Waals surface area contributed by atoms with Crippen LogP contribution in [0.25, 0.3) is 22.3 Å². The van der Waals surface area contributed by atoms with Crippen LogP contribution in [0, 0.1) is 5.82 Å². The van der Waals surface area contributed by atoms with E-state index >= 15 is 0 Å². The van der Waals surface area contributed by atoms with Gasteiger partial charge in [0.15, 0.2) is 6.61 Å². The van der Waals surface area contributed by atoms with Gasteiger partial charge in [0.2, 0.25) is 10.0 Å². The third-order valence-electron chi connectivity index (χ3n) is 6.21. The number of carbonyl (C=O) groups is 3. The summed E-state index contributed by atoms with van der Waals surface area (Å²) in [5.41, 5.74) is 1.46. The first-order chi connectivity index (χ1) is 19.9. The number of amides is 2. The summed E-state index contributed by atoms with van der Waals surface area (Å²) in [6, 6.07) is 14.2. The largest absolute Gasteiger partial charge is 0.482 e. The minimum atomic E-state index is -3.78. The van der Waals surface area contributed by atoms with E-state index in [1.54, 1.807) is 6.92 Å². The fourth-order valence-electron chi connectivity index (χ4n) is 4.05. The molecule has 0 aliphatic heterocycles. The highest BCUT2D eigenvalue weighted by Gasteiger charge is 2.26. The molecular weight excluding hydrogens is 569 g/mol. The normalized spacial score (nSPS) is 11.2. The van der Waals surface area contributed by atoms with Gasteiger partial charge in [-0.1, -0.05) is 0 Å². The van der Waals surface area contributed by atoms with Crippen molar-refractivity contribution in [3.8, 4) is 17.1 Å². The van der Waals surface area contributed by atoms with Gasteiger partial charge in [0.05, 0.1) is 29.7 Å². The van der Waals surface area contributed by atoms with Crippen LogP contribution in [0.5, 0.6) is 5.75 Å². The zero-order chi connectivity index (χ0) is 30.6. The Labute approximate surface area is 241 Å². The standard InChI is InChI=1S/C29H28FN3O8S/c1-5-39-29(36)18-8-12-20(13-9-18)32-25(34)16-40-24-14-21-23(15-22(24)33(3)42(4,37)38)41-27(26(21)28(35)31-2)17-6-10-19(30)11-7-17/h6-15H,5,16H2,1-4H3,(H,31,35)(H,32,34). The number of nitrogens with one attached hydrogen (secondary N) is 2. The average Bonchev–Trinajstić information content (AvgIpc) is 3.33. The summed E-state index contributed by atoms with van der Waals surface area (Å²) in [6.07, 6.45) is 0.996. The maximum absolute atomic E-state index is 13.6. The van der Waals surface area contributed by atoms with Gasteiger partial charge >= 0.3 is 5.97 Å². The number of furan rings is 1. The van der Waals surface area contributed by atoms with Crippen molar-refractivity contribution in [1.29, 1.82) is 0 Å². The third-order valence-corrected chi connectivity index (χ3v) is 7.40. The van der Waals surface area contributed by atoms with Gasteiger partial charge in [-0.15, -0.1) is 0 Å². The summed E-state index contributed by atoms with van der Waals surface area (Å²) in [6.45, 7) is 1.40. The molecule has 4 rings (SSSR count). The van der Waals surface area contributed by atoms with Gasteiger partial charge in [0.1, 0.15) is 22.9 Å². The SMILES string of the molecule is CCOC(=O)c1ccc(NC(=O)COc2cc3c(C(=O)NC)c(-c4ccc(F)cc4)oc3cc2N(C)S(C)(=O)=O)cc1. The number of benzene rings is 3. The number of anilines is 2. The molecule has 3 aromatic carbocycles.